The largest absolute Gasteiger partial charge is 0.496 e. The molecular formula is C72H106BBrF2N8O12Si2. The summed E-state index contributed by atoms with van der Waals surface area (Å²) in [5.74, 6) is 0.178. The Morgan fingerprint density at radius 3 is 1.40 bits per heavy atom. The number of carbonyl (C=O) groups excluding carboxylic acids is 2. The zero-order valence-corrected chi connectivity index (χ0v) is 65.6. The lowest BCUT2D eigenvalue weighted by molar-refractivity contribution is -0.177. The molecule has 2 saturated carbocycles. The van der Waals surface area contributed by atoms with Crippen LogP contribution in [-0.2, 0) is 51.3 Å². The summed E-state index contributed by atoms with van der Waals surface area (Å²) in [6.07, 6.45) is 8.22. The Morgan fingerprint density at radius 2 is 1.03 bits per heavy atom. The van der Waals surface area contributed by atoms with Crippen LogP contribution in [0.2, 0.25) is 51.4 Å². The van der Waals surface area contributed by atoms with Crippen molar-refractivity contribution in [1.82, 2.24) is 39.5 Å². The Labute approximate surface area is 590 Å². The molecule has 0 bridgehead atoms. The molecule has 0 atom stereocenters. The molecule has 9 rings (SSSR count). The molecule has 6 aromatic rings. The Hall–Kier alpha value is -6.16. The highest BCUT2D eigenvalue weighted by Gasteiger charge is 2.53. The fourth-order valence-corrected chi connectivity index (χ4v) is 12.1. The van der Waals surface area contributed by atoms with Gasteiger partial charge in [0.2, 0.25) is 11.8 Å². The van der Waals surface area contributed by atoms with E-state index in [1.54, 1.807) is 35.3 Å². The van der Waals surface area contributed by atoms with Gasteiger partial charge in [0.15, 0.2) is 11.6 Å². The van der Waals surface area contributed by atoms with Gasteiger partial charge in [0.25, 0.3) is 0 Å². The highest BCUT2D eigenvalue weighted by atomic mass is 79.9. The van der Waals surface area contributed by atoms with Crippen molar-refractivity contribution in [2.75, 3.05) is 26.4 Å². The van der Waals surface area contributed by atoms with Crippen molar-refractivity contribution in [3.63, 3.8) is 0 Å². The molecule has 538 valence electrons. The lowest BCUT2D eigenvalue weighted by Gasteiger charge is -2.40. The first kappa shape index (κ1) is 79.2. The average molecular weight is 1460 g/mol. The smallest absolute Gasteiger partial charge is 0.476 e. The normalized spacial score (nSPS) is 16.3. The minimum absolute atomic E-state index is 0.0625. The molecule has 0 unspecified atom stereocenters. The van der Waals surface area contributed by atoms with Crippen molar-refractivity contribution >= 4 is 56.6 Å². The second-order valence-corrected chi connectivity index (χ2v) is 44.1. The summed E-state index contributed by atoms with van der Waals surface area (Å²) in [5, 5.41) is 8.88. The lowest BCUT2D eigenvalue weighted by atomic mass is 9.69. The van der Waals surface area contributed by atoms with E-state index in [1.807, 2.05) is 129 Å². The fraction of sp³-hybridized carbons (Fsp3) is 0.611. The Kier molecular flexibility index (Phi) is 26.0. The summed E-state index contributed by atoms with van der Waals surface area (Å²) in [5.41, 5.74) is 1.72. The Morgan fingerprint density at radius 1 is 0.612 bits per heavy atom. The molecule has 0 amide bonds. The summed E-state index contributed by atoms with van der Waals surface area (Å²) in [6.45, 7) is 46.9. The third-order valence-corrected chi connectivity index (χ3v) is 21.0. The van der Waals surface area contributed by atoms with Crippen molar-refractivity contribution in [2.45, 2.75) is 249 Å². The molecule has 0 N–H and O–H groups in total. The molecule has 2 aliphatic carbocycles. The van der Waals surface area contributed by atoms with Crippen LogP contribution in [0.25, 0.3) is 33.9 Å². The van der Waals surface area contributed by atoms with E-state index >= 15 is 4.39 Å². The monoisotopic (exact) mass is 1460 g/mol. The van der Waals surface area contributed by atoms with Crippen LogP contribution in [0.3, 0.4) is 0 Å². The third-order valence-electron chi connectivity index (χ3n) is 17.1. The molecule has 20 nitrogen and oxygen atoms in total. The lowest BCUT2D eigenvalue weighted by Crippen LogP contribution is -2.46. The summed E-state index contributed by atoms with van der Waals surface area (Å²) in [7, 11) is -2.84. The van der Waals surface area contributed by atoms with E-state index < -0.39 is 62.3 Å². The van der Waals surface area contributed by atoms with Crippen LogP contribution in [0.1, 0.15) is 147 Å². The fourth-order valence-electron chi connectivity index (χ4n) is 10.2. The summed E-state index contributed by atoms with van der Waals surface area (Å²) < 4.78 is 92.0. The van der Waals surface area contributed by atoms with E-state index in [-0.39, 0.29) is 79.9 Å². The minimum Gasteiger partial charge on any atom is -0.476 e. The average Bonchev–Trinajstić information content (AvgIpc) is 1.59. The molecule has 26 heteroatoms. The molecule has 0 radical (unpaired) electrons. The number of halogens is 3. The van der Waals surface area contributed by atoms with Gasteiger partial charge in [-0.1, -0.05) is 74.1 Å². The molecule has 3 fully saturated rings. The van der Waals surface area contributed by atoms with Crippen molar-refractivity contribution in [3.05, 3.63) is 88.2 Å². The highest BCUT2D eigenvalue weighted by Crippen LogP contribution is 2.45. The molecule has 98 heavy (non-hydrogen) atoms. The number of hydrogen-bond donors (Lipinski definition) is 0. The second-order valence-electron chi connectivity index (χ2n) is 31.9. The van der Waals surface area contributed by atoms with Crippen LogP contribution in [0.15, 0.2) is 65.4 Å². The molecule has 2 aromatic carbocycles. The van der Waals surface area contributed by atoms with Gasteiger partial charge in [-0.25, -0.2) is 18.7 Å². The highest BCUT2D eigenvalue weighted by molar-refractivity contribution is 9.10. The zero-order valence-electron chi connectivity index (χ0n) is 62.0. The molecule has 1 saturated heterocycles. The van der Waals surface area contributed by atoms with Gasteiger partial charge in [-0.3, -0.25) is 9.59 Å². The van der Waals surface area contributed by atoms with Gasteiger partial charge in [-0.2, -0.15) is 19.3 Å². The number of nitrogens with zero attached hydrogens (tertiary/aromatic N) is 8. The first-order valence-corrected chi connectivity index (χ1v) is 42.3. The standard InChI is InChI=1S/C33H47FN4O5Si.C22H34BNO5.C17H25BrFN3O2Si/c1-22(2)42-31-36-29(37-38(31)21-40-15-16-44(7,8)9)25-12-11-24(18-27(25)34)26-19-35-28(17-23(26)3)41-20-33(13-10-14-33)30(39)43-32(4,5)6;1-15-12-17(24-13-16(15)23-28-20(5,6)21(7,8)29-23)26-14-22(10-9-11-22)18(25)27-19(2,3)4;1-12(2)24-17-20-16(14-7-6-13(18)10-15(14)19)21-22(17)11-23-8-9-25(3,4)5/h11-12,17-19,22H,10,13-16,20-21H2,1-9H3;12-13H,9-11,14H2,1-8H3;6-7,10,12H,8-9,11H2,1-5H3. The maximum Gasteiger partial charge on any atom is 0.496 e. The van der Waals surface area contributed by atoms with Crippen molar-refractivity contribution in [2.24, 2.45) is 10.8 Å². The maximum absolute atomic E-state index is 15.5. The molecule has 0 spiro atoms. The SMILES string of the molecule is CC(C)Oc1nc(-c2ccc(Br)cc2F)nn1COCC[Si](C)(C)C.Cc1cc(OCC2(C(=O)OC(C)(C)C)CCC2)ncc1-c1ccc(-c2nc(OC(C)C)n(COCC[Si](C)(C)C)n2)c(F)c1.Cc1cc(OCC2(C(=O)OC(C)(C)C)CCC2)ncc1B1OC(C)(C)C(C)(C)O1. The summed E-state index contributed by atoms with van der Waals surface area (Å²) >= 11 is 3.25. The molecule has 4 aromatic heterocycles. The van der Waals surface area contributed by atoms with Crippen molar-refractivity contribution < 1.29 is 65.6 Å². The number of aryl methyl sites for hydroxylation is 2. The minimum atomic E-state index is -1.23. The van der Waals surface area contributed by atoms with Crippen LogP contribution < -0.4 is 24.4 Å². The molecule has 1 aliphatic heterocycles. The number of esters is 2. The predicted molar refractivity (Wildman–Crippen MR) is 386 cm³/mol. The van der Waals surface area contributed by atoms with E-state index in [4.69, 9.17) is 47.2 Å². The van der Waals surface area contributed by atoms with Crippen LogP contribution in [0.4, 0.5) is 8.78 Å². The van der Waals surface area contributed by atoms with Crippen LogP contribution in [-0.4, -0.2) is 136 Å². The number of rotatable bonds is 26. The summed E-state index contributed by atoms with van der Waals surface area (Å²) in [4.78, 5) is 43.2. The number of pyridine rings is 2. The van der Waals surface area contributed by atoms with Crippen LogP contribution in [0.5, 0.6) is 23.8 Å². The molecule has 5 heterocycles. The summed E-state index contributed by atoms with van der Waals surface area (Å²) in [6, 6.07) is 16.1. The zero-order chi connectivity index (χ0) is 72.6. The van der Waals surface area contributed by atoms with E-state index in [9.17, 15) is 14.0 Å². The third kappa shape index (κ3) is 22.2. The number of benzene rings is 2. The van der Waals surface area contributed by atoms with Gasteiger partial charge < -0.3 is 47.2 Å². The Bertz CT molecular complexity index is 3670. The number of ether oxygens (including phenoxy) is 8. The van der Waals surface area contributed by atoms with Crippen LogP contribution in [0, 0.1) is 36.3 Å². The van der Waals surface area contributed by atoms with E-state index in [1.165, 1.54) is 16.8 Å². The van der Waals surface area contributed by atoms with Crippen molar-refractivity contribution in [1.29, 1.82) is 0 Å². The van der Waals surface area contributed by atoms with Gasteiger partial charge in [-0.15, -0.1) is 10.2 Å². The quantitative estimate of drug-likeness (QED) is 0.0280. The van der Waals surface area contributed by atoms with E-state index in [0.29, 0.717) is 46.6 Å². The van der Waals surface area contributed by atoms with Gasteiger partial charge in [0.05, 0.1) is 34.5 Å². The van der Waals surface area contributed by atoms with Gasteiger partial charge in [0, 0.05) is 69.4 Å². The van der Waals surface area contributed by atoms with Crippen LogP contribution >= 0.6 is 15.9 Å². The van der Waals surface area contributed by atoms with Crippen molar-refractivity contribution in [3.8, 4) is 57.7 Å². The van der Waals surface area contributed by atoms with E-state index in [0.717, 1.165) is 72.8 Å². The molecule has 3 aliphatic rings. The topological polar surface area (TPSA) is 214 Å². The van der Waals surface area contributed by atoms with Gasteiger partial charge in [-0.05, 0) is 196 Å². The Balaban J connectivity index is 0.000000218. The van der Waals surface area contributed by atoms with E-state index in [2.05, 4.69) is 85.3 Å². The number of hydrogen-bond acceptors (Lipinski definition) is 18. The maximum atomic E-state index is 15.5. The second kappa shape index (κ2) is 32.2. The first-order valence-electron chi connectivity index (χ1n) is 34.1. The number of aromatic nitrogens is 8. The molecular weight excluding hydrogens is 1350 g/mol. The first-order chi connectivity index (χ1) is 45.5. The predicted octanol–water partition coefficient (Wildman–Crippen LogP) is 16.0. The van der Waals surface area contributed by atoms with Gasteiger partial charge >= 0.3 is 31.1 Å². The number of carbonyl (C=O) groups is 2. The van der Waals surface area contributed by atoms with Gasteiger partial charge in [0.1, 0.15) is 60.3 Å².